The molecule has 132 valence electrons. The van der Waals surface area contributed by atoms with E-state index in [2.05, 4.69) is 23.3 Å². The van der Waals surface area contributed by atoms with E-state index < -0.39 is 0 Å². The van der Waals surface area contributed by atoms with Crippen molar-refractivity contribution in [2.24, 2.45) is 0 Å². The number of nitrogens with zero attached hydrogens (tertiary/aromatic N) is 2. The first-order chi connectivity index (χ1) is 12.7. The molecule has 0 saturated heterocycles. The Morgan fingerprint density at radius 3 is 2.54 bits per heavy atom. The van der Waals surface area contributed by atoms with Crippen LogP contribution in [0.2, 0.25) is 0 Å². The Morgan fingerprint density at radius 1 is 1.15 bits per heavy atom. The van der Waals surface area contributed by atoms with Crippen molar-refractivity contribution in [2.75, 3.05) is 11.9 Å². The number of halogens is 1. The summed E-state index contributed by atoms with van der Waals surface area (Å²) in [5, 5.41) is 12.5. The number of aromatic nitrogens is 1. The van der Waals surface area contributed by atoms with Gasteiger partial charge in [-0.05, 0) is 36.2 Å². The van der Waals surface area contributed by atoms with Crippen molar-refractivity contribution in [1.82, 2.24) is 4.98 Å². The largest absolute Gasteiger partial charge is 0.419 e. The lowest BCUT2D eigenvalue weighted by Gasteiger charge is -2.17. The van der Waals surface area contributed by atoms with Crippen molar-refractivity contribution in [3.63, 3.8) is 0 Å². The summed E-state index contributed by atoms with van der Waals surface area (Å²) in [6, 6.07) is 18.1. The smallest absolute Gasteiger partial charge is 0.232 e. The van der Waals surface area contributed by atoms with E-state index in [1.165, 1.54) is 12.1 Å². The number of hydrogen-bond acceptors (Lipinski definition) is 4. The van der Waals surface area contributed by atoms with E-state index >= 15 is 0 Å². The fraction of sp³-hybridized carbons (Fsp3) is 0.238. The van der Waals surface area contributed by atoms with Gasteiger partial charge in [-0.3, -0.25) is 0 Å². The van der Waals surface area contributed by atoms with E-state index in [1.807, 2.05) is 30.3 Å². The monoisotopic (exact) mass is 349 g/mol. The molecule has 1 heterocycles. The van der Waals surface area contributed by atoms with Crippen LogP contribution < -0.4 is 5.32 Å². The summed E-state index contributed by atoms with van der Waals surface area (Å²) in [6.07, 6.45) is 1.95. The molecule has 0 spiro atoms. The third-order valence-electron chi connectivity index (χ3n) is 4.24. The van der Waals surface area contributed by atoms with Crippen LogP contribution in [0.5, 0.6) is 0 Å². The molecule has 26 heavy (non-hydrogen) atoms. The van der Waals surface area contributed by atoms with Gasteiger partial charge in [-0.25, -0.2) is 4.39 Å². The highest BCUT2D eigenvalue weighted by Gasteiger charge is 2.17. The molecule has 0 amide bonds. The summed E-state index contributed by atoms with van der Waals surface area (Å²) in [7, 11) is 0. The Hall–Kier alpha value is -3.13. The second-order valence-corrected chi connectivity index (χ2v) is 6.09. The highest BCUT2D eigenvalue weighted by molar-refractivity contribution is 5.58. The quantitative estimate of drug-likeness (QED) is 0.625. The average Bonchev–Trinajstić information content (AvgIpc) is 3.10. The molecule has 0 fully saturated rings. The second-order valence-electron chi connectivity index (χ2n) is 6.09. The highest BCUT2D eigenvalue weighted by atomic mass is 19.1. The lowest BCUT2D eigenvalue weighted by Crippen LogP contribution is -2.13. The third kappa shape index (κ3) is 4.09. The van der Waals surface area contributed by atoms with Crippen molar-refractivity contribution in [3.8, 4) is 17.5 Å². The maximum atomic E-state index is 13.2. The minimum Gasteiger partial charge on any atom is -0.419 e. The molecule has 0 aliphatic rings. The lowest BCUT2D eigenvalue weighted by molar-refractivity contribution is 0.570. The maximum absolute atomic E-state index is 13.2. The van der Waals surface area contributed by atoms with Gasteiger partial charge in [-0.15, -0.1) is 0 Å². The topological polar surface area (TPSA) is 61.9 Å². The molecule has 0 unspecified atom stereocenters. The Bertz CT molecular complexity index is 882. The van der Waals surface area contributed by atoms with Crippen LogP contribution in [-0.4, -0.2) is 11.5 Å². The van der Waals surface area contributed by atoms with Crippen molar-refractivity contribution in [3.05, 3.63) is 71.7 Å². The van der Waals surface area contributed by atoms with Crippen molar-refractivity contribution < 1.29 is 8.81 Å². The van der Waals surface area contributed by atoms with Crippen molar-refractivity contribution in [2.45, 2.75) is 25.7 Å². The SMILES string of the molecule is CCC[C@@H](CNc1oc(-c2ccccc2)nc1C#N)c1ccc(F)cc1. The summed E-state index contributed by atoms with van der Waals surface area (Å²) >= 11 is 0. The zero-order chi connectivity index (χ0) is 18.4. The Labute approximate surface area is 152 Å². The lowest BCUT2D eigenvalue weighted by atomic mass is 9.94. The Balaban J connectivity index is 1.78. The molecule has 3 aromatic rings. The van der Waals surface area contributed by atoms with Gasteiger partial charge in [0.15, 0.2) is 0 Å². The second kappa shape index (κ2) is 8.30. The van der Waals surface area contributed by atoms with Gasteiger partial charge in [-0.2, -0.15) is 10.2 Å². The van der Waals surface area contributed by atoms with E-state index in [9.17, 15) is 9.65 Å². The molecule has 1 atom stereocenters. The van der Waals surface area contributed by atoms with Gasteiger partial charge in [-0.1, -0.05) is 43.7 Å². The van der Waals surface area contributed by atoms with Gasteiger partial charge >= 0.3 is 0 Å². The number of rotatable bonds is 7. The fourth-order valence-electron chi connectivity index (χ4n) is 2.91. The van der Waals surface area contributed by atoms with Crippen LogP contribution in [0.1, 0.15) is 36.9 Å². The normalized spacial score (nSPS) is 11.7. The van der Waals surface area contributed by atoms with E-state index in [1.54, 1.807) is 12.1 Å². The van der Waals surface area contributed by atoms with Crippen LogP contribution in [-0.2, 0) is 0 Å². The predicted molar refractivity (Wildman–Crippen MR) is 99.2 cm³/mol. The number of nitrogens with one attached hydrogen (secondary N) is 1. The zero-order valence-electron chi connectivity index (χ0n) is 14.6. The minimum atomic E-state index is -0.244. The van der Waals surface area contributed by atoms with Crippen LogP contribution in [0.3, 0.4) is 0 Å². The van der Waals surface area contributed by atoms with Crippen LogP contribution in [0.15, 0.2) is 59.0 Å². The third-order valence-corrected chi connectivity index (χ3v) is 4.24. The number of anilines is 1. The molecular formula is C21H20FN3O. The first kappa shape index (κ1) is 17.7. The molecule has 0 radical (unpaired) electrons. The molecule has 2 aromatic carbocycles. The highest BCUT2D eigenvalue weighted by Crippen LogP contribution is 2.27. The molecule has 0 bridgehead atoms. The molecular weight excluding hydrogens is 329 g/mol. The summed E-state index contributed by atoms with van der Waals surface area (Å²) in [4.78, 5) is 4.27. The van der Waals surface area contributed by atoms with Crippen molar-refractivity contribution >= 4 is 5.88 Å². The van der Waals surface area contributed by atoms with E-state index in [-0.39, 0.29) is 17.4 Å². The van der Waals surface area contributed by atoms with Gasteiger partial charge < -0.3 is 9.73 Å². The van der Waals surface area contributed by atoms with Crippen molar-refractivity contribution in [1.29, 1.82) is 5.26 Å². The molecule has 0 aliphatic carbocycles. The number of benzene rings is 2. The van der Waals surface area contributed by atoms with Gasteiger partial charge in [0, 0.05) is 18.0 Å². The van der Waals surface area contributed by atoms with Gasteiger partial charge in [0.1, 0.15) is 11.9 Å². The van der Waals surface area contributed by atoms with E-state index in [4.69, 9.17) is 4.42 Å². The minimum absolute atomic E-state index is 0.192. The zero-order valence-corrected chi connectivity index (χ0v) is 14.6. The first-order valence-electron chi connectivity index (χ1n) is 8.67. The number of nitriles is 1. The molecule has 3 rings (SSSR count). The number of oxazole rings is 1. The summed E-state index contributed by atoms with van der Waals surface area (Å²) in [5.74, 6) is 0.733. The van der Waals surface area contributed by atoms with Crippen LogP contribution in [0.4, 0.5) is 10.3 Å². The molecule has 4 nitrogen and oxygen atoms in total. The fourth-order valence-corrected chi connectivity index (χ4v) is 2.91. The predicted octanol–water partition coefficient (Wildman–Crippen LogP) is 5.35. The maximum Gasteiger partial charge on any atom is 0.232 e. The van der Waals surface area contributed by atoms with Crippen LogP contribution >= 0.6 is 0 Å². The standard InChI is InChI=1S/C21H20FN3O/c1-2-6-17(15-9-11-18(22)12-10-15)14-24-21-19(13-23)25-20(26-21)16-7-4-3-5-8-16/h3-5,7-12,17,24H,2,6,14H2,1H3/t17-/m0/s1. The molecule has 5 heteroatoms. The van der Waals surface area contributed by atoms with Crippen LogP contribution in [0, 0.1) is 17.1 Å². The summed E-state index contributed by atoms with van der Waals surface area (Å²) < 4.78 is 18.9. The average molecular weight is 349 g/mol. The summed E-state index contributed by atoms with van der Waals surface area (Å²) in [5.41, 5.74) is 2.11. The van der Waals surface area contributed by atoms with Gasteiger partial charge in [0.25, 0.3) is 0 Å². The first-order valence-corrected chi connectivity index (χ1v) is 8.67. The molecule has 0 saturated carbocycles. The van der Waals surface area contributed by atoms with Gasteiger partial charge in [0.05, 0.1) is 0 Å². The van der Waals surface area contributed by atoms with E-state index in [0.29, 0.717) is 18.3 Å². The Kier molecular flexibility index (Phi) is 5.65. The van der Waals surface area contributed by atoms with E-state index in [0.717, 1.165) is 24.0 Å². The summed E-state index contributed by atoms with van der Waals surface area (Å²) in [6.45, 7) is 2.69. The van der Waals surface area contributed by atoms with Crippen LogP contribution in [0.25, 0.3) is 11.5 Å². The molecule has 1 N–H and O–H groups in total. The van der Waals surface area contributed by atoms with Gasteiger partial charge in [0.2, 0.25) is 17.5 Å². The molecule has 1 aromatic heterocycles. The number of hydrogen-bond donors (Lipinski definition) is 1. The Morgan fingerprint density at radius 2 is 1.88 bits per heavy atom. The molecule has 0 aliphatic heterocycles.